The summed E-state index contributed by atoms with van der Waals surface area (Å²) in [6, 6.07) is 1.69. The molecule has 2 fully saturated rings. The number of hydrogen-bond acceptors (Lipinski definition) is 7. The fraction of sp³-hybridized carbons (Fsp3) is 0.571. The standard InChI is InChI=1S/C14H18N4O5/c1-14(2)22-9-7(5-19)21-12(10(9)23-14)18-4-3-6-8(18)11(20)17-13(15)16-6/h3-4,7,9-10,12,19H,5H2,1-2H3,(H3,15,16,17,20)/t7-,9-,10-,12-/m1/s1. The second-order valence-electron chi connectivity index (χ2n) is 6.22. The number of aromatic nitrogens is 3. The SMILES string of the molecule is CC1(C)O[C@@H]2[C@H](O1)[C@@H](CO)O[C@H]2n1ccc2nc(N)[nH]c(=O)c21. The van der Waals surface area contributed by atoms with Crippen molar-refractivity contribution in [2.75, 3.05) is 12.3 Å². The zero-order valence-electron chi connectivity index (χ0n) is 12.7. The number of aromatic amines is 1. The molecule has 0 radical (unpaired) electrons. The van der Waals surface area contributed by atoms with Crippen LogP contribution in [0.5, 0.6) is 0 Å². The molecule has 4 heterocycles. The summed E-state index contributed by atoms with van der Waals surface area (Å²) in [6.45, 7) is 3.41. The van der Waals surface area contributed by atoms with Crippen molar-refractivity contribution in [3.05, 3.63) is 22.6 Å². The van der Waals surface area contributed by atoms with E-state index in [0.29, 0.717) is 11.0 Å². The highest BCUT2D eigenvalue weighted by Gasteiger charge is 2.55. The number of nitrogens with one attached hydrogen (secondary N) is 1. The van der Waals surface area contributed by atoms with E-state index >= 15 is 0 Å². The fourth-order valence-electron chi connectivity index (χ4n) is 3.34. The van der Waals surface area contributed by atoms with Gasteiger partial charge < -0.3 is 29.6 Å². The van der Waals surface area contributed by atoms with Crippen LogP contribution in [0.2, 0.25) is 0 Å². The second kappa shape index (κ2) is 4.78. The van der Waals surface area contributed by atoms with Crippen LogP contribution in [0.15, 0.2) is 17.1 Å². The summed E-state index contributed by atoms with van der Waals surface area (Å²) in [7, 11) is 0. The number of aliphatic hydroxyl groups is 1. The van der Waals surface area contributed by atoms with Crippen molar-refractivity contribution in [3.8, 4) is 0 Å². The summed E-state index contributed by atoms with van der Waals surface area (Å²) >= 11 is 0. The molecular formula is C14H18N4O5. The molecule has 0 saturated carbocycles. The number of hydrogen-bond donors (Lipinski definition) is 3. The lowest BCUT2D eigenvalue weighted by molar-refractivity contribution is -0.199. The number of anilines is 1. The van der Waals surface area contributed by atoms with Crippen LogP contribution in [0.25, 0.3) is 11.0 Å². The van der Waals surface area contributed by atoms with E-state index in [0.717, 1.165) is 0 Å². The van der Waals surface area contributed by atoms with Gasteiger partial charge in [-0.3, -0.25) is 9.78 Å². The van der Waals surface area contributed by atoms with Gasteiger partial charge in [0.15, 0.2) is 12.0 Å². The third kappa shape index (κ3) is 2.16. The van der Waals surface area contributed by atoms with E-state index in [4.69, 9.17) is 19.9 Å². The van der Waals surface area contributed by atoms with Crippen LogP contribution >= 0.6 is 0 Å². The van der Waals surface area contributed by atoms with Crippen LogP contribution in [0.3, 0.4) is 0 Å². The van der Waals surface area contributed by atoms with Crippen molar-refractivity contribution in [2.45, 2.75) is 44.2 Å². The summed E-state index contributed by atoms with van der Waals surface area (Å²) in [6.07, 6.45) is -0.261. The first-order valence-electron chi connectivity index (χ1n) is 7.38. The quantitative estimate of drug-likeness (QED) is 0.694. The van der Waals surface area contributed by atoms with Crippen LogP contribution in [0, 0.1) is 0 Å². The first kappa shape index (κ1) is 14.6. The van der Waals surface area contributed by atoms with E-state index in [1.54, 1.807) is 30.7 Å². The number of nitrogens with zero attached hydrogens (tertiary/aromatic N) is 2. The predicted octanol–water partition coefficient (Wildman–Crippen LogP) is -0.283. The van der Waals surface area contributed by atoms with Gasteiger partial charge in [-0.05, 0) is 19.9 Å². The average molecular weight is 322 g/mol. The van der Waals surface area contributed by atoms with Gasteiger partial charge in [-0.1, -0.05) is 0 Å². The van der Waals surface area contributed by atoms with E-state index in [-0.39, 0.29) is 18.1 Å². The fourth-order valence-corrected chi connectivity index (χ4v) is 3.34. The first-order chi connectivity index (χ1) is 10.9. The first-order valence-corrected chi connectivity index (χ1v) is 7.38. The highest BCUT2D eigenvalue weighted by molar-refractivity contribution is 5.75. The van der Waals surface area contributed by atoms with Gasteiger partial charge in [-0.25, -0.2) is 4.98 Å². The maximum absolute atomic E-state index is 12.2. The smallest absolute Gasteiger partial charge is 0.276 e. The molecule has 2 aliphatic rings. The van der Waals surface area contributed by atoms with Gasteiger partial charge >= 0.3 is 0 Å². The van der Waals surface area contributed by atoms with Gasteiger partial charge in [0.25, 0.3) is 5.56 Å². The molecular weight excluding hydrogens is 304 g/mol. The molecule has 0 amide bonds. The number of ether oxygens (including phenoxy) is 3. The normalized spacial score (nSPS) is 32.5. The Morgan fingerprint density at radius 1 is 1.43 bits per heavy atom. The van der Waals surface area contributed by atoms with Crippen molar-refractivity contribution in [2.24, 2.45) is 0 Å². The Kier molecular flexibility index (Phi) is 3.04. The van der Waals surface area contributed by atoms with E-state index in [9.17, 15) is 9.90 Å². The molecule has 2 aromatic rings. The minimum atomic E-state index is -0.775. The minimum Gasteiger partial charge on any atom is -0.394 e. The second-order valence-corrected chi connectivity index (χ2v) is 6.22. The van der Waals surface area contributed by atoms with Gasteiger partial charge in [-0.15, -0.1) is 0 Å². The van der Waals surface area contributed by atoms with Crippen LogP contribution in [-0.2, 0) is 14.2 Å². The summed E-state index contributed by atoms with van der Waals surface area (Å²) in [5.41, 5.74) is 6.02. The highest BCUT2D eigenvalue weighted by Crippen LogP contribution is 2.43. The summed E-state index contributed by atoms with van der Waals surface area (Å²) < 4.78 is 19.3. The number of nitrogen functional groups attached to an aromatic ring is 1. The molecule has 4 rings (SSSR count). The topological polar surface area (TPSA) is 125 Å². The molecule has 0 aromatic carbocycles. The van der Waals surface area contributed by atoms with Gasteiger partial charge in [0.2, 0.25) is 5.95 Å². The molecule has 0 spiro atoms. The third-order valence-corrected chi connectivity index (χ3v) is 4.17. The largest absolute Gasteiger partial charge is 0.394 e. The van der Waals surface area contributed by atoms with Crippen molar-refractivity contribution < 1.29 is 19.3 Å². The lowest BCUT2D eigenvalue weighted by Gasteiger charge is -2.24. The Morgan fingerprint density at radius 2 is 2.17 bits per heavy atom. The lowest BCUT2D eigenvalue weighted by atomic mass is 10.1. The van der Waals surface area contributed by atoms with E-state index in [2.05, 4.69) is 9.97 Å². The van der Waals surface area contributed by atoms with E-state index in [1.807, 2.05) is 0 Å². The zero-order chi connectivity index (χ0) is 16.4. The Bertz CT molecular complexity index is 813. The van der Waals surface area contributed by atoms with E-state index < -0.39 is 30.3 Å². The average Bonchev–Trinajstić information content (AvgIpc) is 3.09. The van der Waals surface area contributed by atoms with Gasteiger partial charge in [0.05, 0.1) is 12.1 Å². The monoisotopic (exact) mass is 322 g/mol. The zero-order valence-corrected chi connectivity index (χ0v) is 12.7. The summed E-state index contributed by atoms with van der Waals surface area (Å²) in [5.74, 6) is -0.719. The molecule has 2 saturated heterocycles. The molecule has 0 unspecified atom stereocenters. The maximum Gasteiger partial charge on any atom is 0.276 e. The molecule has 4 atom stereocenters. The number of nitrogens with two attached hydrogens (primary N) is 1. The van der Waals surface area contributed by atoms with Crippen LogP contribution < -0.4 is 11.3 Å². The van der Waals surface area contributed by atoms with E-state index in [1.165, 1.54) is 0 Å². The molecule has 23 heavy (non-hydrogen) atoms. The Balaban J connectivity index is 1.80. The lowest BCUT2D eigenvalue weighted by Crippen LogP contribution is -2.31. The van der Waals surface area contributed by atoms with Crippen LogP contribution in [0.4, 0.5) is 5.95 Å². The maximum atomic E-state index is 12.2. The number of aliphatic hydroxyl groups excluding tert-OH is 1. The molecule has 0 aliphatic carbocycles. The predicted molar refractivity (Wildman–Crippen MR) is 79.6 cm³/mol. The van der Waals surface area contributed by atoms with Gasteiger partial charge in [0, 0.05) is 6.20 Å². The van der Waals surface area contributed by atoms with Crippen molar-refractivity contribution in [1.82, 2.24) is 14.5 Å². The summed E-state index contributed by atoms with van der Waals surface area (Å²) in [4.78, 5) is 18.8. The van der Waals surface area contributed by atoms with Gasteiger partial charge in [-0.2, -0.15) is 0 Å². The van der Waals surface area contributed by atoms with Crippen LogP contribution in [0.1, 0.15) is 20.1 Å². The molecule has 9 nitrogen and oxygen atoms in total. The highest BCUT2D eigenvalue weighted by atomic mass is 16.8. The Labute approximate surface area is 131 Å². The Hall–Kier alpha value is -1.94. The molecule has 0 bridgehead atoms. The molecule has 9 heteroatoms. The van der Waals surface area contributed by atoms with Gasteiger partial charge in [0.1, 0.15) is 23.8 Å². The number of fused-ring (bicyclic) bond motifs is 2. The minimum absolute atomic E-state index is 0.0558. The van der Waals surface area contributed by atoms with Crippen molar-refractivity contribution in [3.63, 3.8) is 0 Å². The van der Waals surface area contributed by atoms with Crippen molar-refractivity contribution in [1.29, 1.82) is 0 Å². The summed E-state index contributed by atoms with van der Waals surface area (Å²) in [5, 5.41) is 9.54. The molecule has 4 N–H and O–H groups in total. The molecule has 124 valence electrons. The van der Waals surface area contributed by atoms with Crippen molar-refractivity contribution >= 4 is 17.0 Å². The number of rotatable bonds is 2. The molecule has 2 aromatic heterocycles. The Morgan fingerprint density at radius 3 is 2.91 bits per heavy atom. The third-order valence-electron chi connectivity index (χ3n) is 4.17. The number of H-pyrrole nitrogens is 1. The molecule has 2 aliphatic heterocycles. The van der Waals surface area contributed by atoms with Crippen LogP contribution in [-0.4, -0.2) is 50.3 Å².